The molecule has 0 bridgehead atoms. The standard InChI is InChI=1S/C12H13BrN2O2/c13-9-3-4-11-10(7-9)12(17)15(8-14-11)5-1-2-6-16/h3-4,7-8,16H,1-2,5-6H2. The molecule has 0 aliphatic rings. The van der Waals surface area contributed by atoms with E-state index in [2.05, 4.69) is 20.9 Å². The number of unbranched alkanes of at least 4 members (excludes halogenated alkanes) is 1. The molecule has 0 saturated carbocycles. The van der Waals surface area contributed by atoms with Crippen molar-refractivity contribution in [3.05, 3.63) is 39.4 Å². The largest absolute Gasteiger partial charge is 0.396 e. The Labute approximate surface area is 107 Å². The Balaban J connectivity index is 2.39. The maximum absolute atomic E-state index is 12.1. The number of rotatable bonds is 4. The molecule has 5 heteroatoms. The summed E-state index contributed by atoms with van der Waals surface area (Å²) < 4.78 is 2.46. The lowest BCUT2D eigenvalue weighted by molar-refractivity contribution is 0.281. The van der Waals surface area contributed by atoms with Crippen LogP contribution in [0.3, 0.4) is 0 Å². The smallest absolute Gasteiger partial charge is 0.261 e. The van der Waals surface area contributed by atoms with E-state index in [0.29, 0.717) is 23.9 Å². The minimum atomic E-state index is -0.0331. The first-order chi connectivity index (χ1) is 8.22. The van der Waals surface area contributed by atoms with Crippen LogP contribution < -0.4 is 5.56 Å². The second-order valence-corrected chi connectivity index (χ2v) is 4.75. The summed E-state index contributed by atoms with van der Waals surface area (Å²) in [4.78, 5) is 16.4. The van der Waals surface area contributed by atoms with Gasteiger partial charge in [0.05, 0.1) is 17.2 Å². The Bertz CT molecular complexity index is 580. The van der Waals surface area contributed by atoms with Gasteiger partial charge in [-0.15, -0.1) is 0 Å². The van der Waals surface area contributed by atoms with Crippen LogP contribution in [0.4, 0.5) is 0 Å². The Kier molecular flexibility index (Phi) is 3.91. The van der Waals surface area contributed by atoms with Gasteiger partial charge in [-0.25, -0.2) is 4.98 Å². The van der Waals surface area contributed by atoms with Gasteiger partial charge >= 0.3 is 0 Å². The number of aliphatic hydroxyl groups excluding tert-OH is 1. The molecule has 0 spiro atoms. The molecule has 0 aliphatic carbocycles. The molecule has 1 aromatic carbocycles. The minimum absolute atomic E-state index is 0.0331. The van der Waals surface area contributed by atoms with Gasteiger partial charge in [0.15, 0.2) is 0 Å². The van der Waals surface area contributed by atoms with Crippen LogP contribution in [-0.4, -0.2) is 21.3 Å². The van der Waals surface area contributed by atoms with Gasteiger partial charge in [0.2, 0.25) is 0 Å². The summed E-state index contributed by atoms with van der Waals surface area (Å²) in [6.07, 6.45) is 3.04. The van der Waals surface area contributed by atoms with Crippen LogP contribution in [0.2, 0.25) is 0 Å². The highest BCUT2D eigenvalue weighted by Crippen LogP contribution is 2.14. The van der Waals surface area contributed by atoms with E-state index in [9.17, 15) is 4.79 Å². The molecular formula is C12H13BrN2O2. The molecule has 4 nitrogen and oxygen atoms in total. The molecule has 0 amide bonds. The van der Waals surface area contributed by atoms with Crippen LogP contribution in [0.15, 0.2) is 33.8 Å². The normalized spacial score (nSPS) is 10.9. The van der Waals surface area contributed by atoms with Crippen molar-refractivity contribution >= 4 is 26.8 Å². The van der Waals surface area contributed by atoms with E-state index in [1.165, 1.54) is 0 Å². The molecule has 0 aliphatic heterocycles. The Morgan fingerprint density at radius 1 is 1.35 bits per heavy atom. The molecule has 1 heterocycles. The molecule has 2 rings (SSSR count). The van der Waals surface area contributed by atoms with Gasteiger partial charge in [0.25, 0.3) is 5.56 Å². The van der Waals surface area contributed by atoms with Gasteiger partial charge in [-0.1, -0.05) is 15.9 Å². The fourth-order valence-corrected chi connectivity index (χ4v) is 2.05. The number of hydrogen-bond acceptors (Lipinski definition) is 3. The Morgan fingerprint density at radius 3 is 2.94 bits per heavy atom. The number of aryl methyl sites for hydroxylation is 1. The lowest BCUT2D eigenvalue weighted by Gasteiger charge is -2.05. The molecule has 17 heavy (non-hydrogen) atoms. The van der Waals surface area contributed by atoms with Crippen LogP contribution in [0, 0.1) is 0 Å². The number of benzene rings is 1. The molecule has 1 N–H and O–H groups in total. The SMILES string of the molecule is O=c1c2cc(Br)ccc2ncn1CCCCO. The van der Waals surface area contributed by atoms with Gasteiger partial charge in [-0.05, 0) is 31.0 Å². The fraction of sp³-hybridized carbons (Fsp3) is 0.333. The number of hydrogen-bond donors (Lipinski definition) is 1. The Morgan fingerprint density at radius 2 is 2.18 bits per heavy atom. The van der Waals surface area contributed by atoms with E-state index < -0.39 is 0 Å². The van der Waals surface area contributed by atoms with Crippen molar-refractivity contribution in [1.29, 1.82) is 0 Å². The lowest BCUT2D eigenvalue weighted by Crippen LogP contribution is -2.20. The van der Waals surface area contributed by atoms with Crippen LogP contribution in [0.1, 0.15) is 12.8 Å². The number of halogens is 1. The molecule has 0 radical (unpaired) electrons. The van der Waals surface area contributed by atoms with Crippen molar-refractivity contribution in [2.45, 2.75) is 19.4 Å². The second kappa shape index (κ2) is 5.42. The predicted octanol–water partition coefficient (Wildman–Crippen LogP) is 1.93. The van der Waals surface area contributed by atoms with Crippen molar-refractivity contribution in [2.24, 2.45) is 0 Å². The van der Waals surface area contributed by atoms with E-state index in [0.717, 1.165) is 10.9 Å². The summed E-state index contributed by atoms with van der Waals surface area (Å²) in [6.45, 7) is 0.746. The third-order valence-corrected chi connectivity index (χ3v) is 3.09. The zero-order valence-corrected chi connectivity index (χ0v) is 10.9. The first-order valence-corrected chi connectivity index (χ1v) is 6.27. The van der Waals surface area contributed by atoms with Crippen molar-refractivity contribution < 1.29 is 5.11 Å². The maximum atomic E-state index is 12.1. The topological polar surface area (TPSA) is 55.1 Å². The summed E-state index contributed by atoms with van der Waals surface area (Å²) in [5, 5.41) is 9.33. The van der Waals surface area contributed by atoms with Gasteiger partial charge in [0, 0.05) is 17.6 Å². The summed E-state index contributed by atoms with van der Waals surface area (Å²) in [6, 6.07) is 5.47. The van der Waals surface area contributed by atoms with E-state index in [4.69, 9.17) is 5.11 Å². The van der Waals surface area contributed by atoms with Crippen LogP contribution in [0.5, 0.6) is 0 Å². The number of fused-ring (bicyclic) bond motifs is 1. The van der Waals surface area contributed by atoms with Crippen molar-refractivity contribution in [3.8, 4) is 0 Å². The van der Waals surface area contributed by atoms with E-state index >= 15 is 0 Å². The van der Waals surface area contributed by atoms with Crippen LogP contribution >= 0.6 is 15.9 Å². The summed E-state index contributed by atoms with van der Waals surface area (Å²) in [5.74, 6) is 0. The number of aliphatic hydroxyl groups is 1. The van der Waals surface area contributed by atoms with Crippen molar-refractivity contribution in [1.82, 2.24) is 9.55 Å². The van der Waals surface area contributed by atoms with Gasteiger partial charge < -0.3 is 5.11 Å². The minimum Gasteiger partial charge on any atom is -0.396 e. The molecule has 90 valence electrons. The van der Waals surface area contributed by atoms with Crippen molar-refractivity contribution in [2.75, 3.05) is 6.61 Å². The van der Waals surface area contributed by atoms with Gasteiger partial charge in [-0.3, -0.25) is 9.36 Å². The van der Waals surface area contributed by atoms with Crippen molar-refractivity contribution in [3.63, 3.8) is 0 Å². The zero-order chi connectivity index (χ0) is 12.3. The highest BCUT2D eigenvalue weighted by Gasteiger charge is 2.04. The summed E-state index contributed by atoms with van der Waals surface area (Å²) in [7, 11) is 0. The average Bonchev–Trinajstić information content (AvgIpc) is 2.33. The highest BCUT2D eigenvalue weighted by molar-refractivity contribution is 9.10. The van der Waals surface area contributed by atoms with E-state index in [1.807, 2.05) is 12.1 Å². The molecular weight excluding hydrogens is 284 g/mol. The van der Waals surface area contributed by atoms with E-state index in [-0.39, 0.29) is 12.2 Å². The quantitative estimate of drug-likeness (QED) is 0.877. The average molecular weight is 297 g/mol. The first kappa shape index (κ1) is 12.3. The van der Waals surface area contributed by atoms with E-state index in [1.54, 1.807) is 17.0 Å². The molecule has 0 atom stereocenters. The first-order valence-electron chi connectivity index (χ1n) is 5.48. The highest BCUT2D eigenvalue weighted by atomic mass is 79.9. The predicted molar refractivity (Wildman–Crippen MR) is 70.0 cm³/mol. The van der Waals surface area contributed by atoms with Gasteiger partial charge in [-0.2, -0.15) is 0 Å². The summed E-state index contributed by atoms with van der Waals surface area (Å²) >= 11 is 3.35. The molecule has 0 fully saturated rings. The second-order valence-electron chi connectivity index (χ2n) is 3.84. The van der Waals surface area contributed by atoms with Gasteiger partial charge in [0.1, 0.15) is 0 Å². The number of nitrogens with zero attached hydrogens (tertiary/aromatic N) is 2. The third-order valence-electron chi connectivity index (χ3n) is 2.59. The number of aromatic nitrogens is 2. The molecule has 0 unspecified atom stereocenters. The summed E-state index contributed by atoms with van der Waals surface area (Å²) in [5.41, 5.74) is 0.672. The molecule has 2 aromatic rings. The monoisotopic (exact) mass is 296 g/mol. The molecule has 1 aromatic heterocycles. The van der Waals surface area contributed by atoms with Crippen LogP contribution in [-0.2, 0) is 6.54 Å². The molecule has 0 saturated heterocycles. The lowest BCUT2D eigenvalue weighted by atomic mass is 10.2. The van der Waals surface area contributed by atoms with Crippen LogP contribution in [0.25, 0.3) is 10.9 Å². The maximum Gasteiger partial charge on any atom is 0.261 e. The zero-order valence-electron chi connectivity index (χ0n) is 9.27. The third kappa shape index (κ3) is 2.73. The Hall–Kier alpha value is -1.20. The fourth-order valence-electron chi connectivity index (χ4n) is 1.68.